The molecule has 0 fully saturated rings. The first kappa shape index (κ1) is 18.5. The van der Waals surface area contributed by atoms with Gasteiger partial charge in [-0.25, -0.2) is 4.79 Å². The van der Waals surface area contributed by atoms with Gasteiger partial charge in [-0.3, -0.25) is 14.9 Å². The van der Waals surface area contributed by atoms with Crippen LogP contribution in [-0.2, 0) is 9.53 Å². The number of carbonyl (C=O) groups is 2. The molecule has 0 saturated carbocycles. The summed E-state index contributed by atoms with van der Waals surface area (Å²) >= 11 is 5.71. The van der Waals surface area contributed by atoms with Crippen LogP contribution in [0, 0.1) is 10.1 Å². The fourth-order valence-corrected chi connectivity index (χ4v) is 2.47. The van der Waals surface area contributed by atoms with Gasteiger partial charge in [-0.05, 0) is 31.2 Å². The van der Waals surface area contributed by atoms with Gasteiger partial charge in [0.25, 0.3) is 11.6 Å². The zero-order chi connectivity index (χ0) is 19.6. The lowest BCUT2D eigenvalue weighted by Crippen LogP contribution is -2.30. The Labute approximate surface area is 157 Å². The molecule has 0 bridgehead atoms. The molecule has 1 N–H and O–H groups in total. The second kappa shape index (κ2) is 7.50. The number of ether oxygens (including phenoxy) is 3. The Morgan fingerprint density at radius 1 is 1.22 bits per heavy atom. The fraction of sp³-hybridized carbons (Fsp3) is 0.176. The van der Waals surface area contributed by atoms with Crippen molar-refractivity contribution in [3.05, 3.63) is 57.1 Å². The number of nitro benzene ring substituents is 1. The lowest BCUT2D eigenvalue weighted by Gasteiger charge is -2.14. The van der Waals surface area contributed by atoms with Crippen LogP contribution in [0.2, 0.25) is 5.02 Å². The molecule has 0 aliphatic carbocycles. The molecule has 1 heterocycles. The summed E-state index contributed by atoms with van der Waals surface area (Å²) in [4.78, 5) is 34.5. The molecular weight excluding hydrogens is 380 g/mol. The highest BCUT2D eigenvalue weighted by molar-refractivity contribution is 6.32. The SMILES string of the molecule is C[C@@H](OC(=O)c1ccc(Cl)c([N+](=O)[O-])c1)C(=O)Nc1ccc2c(c1)OCO2. The van der Waals surface area contributed by atoms with Crippen LogP contribution >= 0.6 is 11.6 Å². The van der Waals surface area contributed by atoms with Crippen molar-refractivity contribution in [2.45, 2.75) is 13.0 Å². The van der Waals surface area contributed by atoms with E-state index in [1.807, 2.05) is 0 Å². The van der Waals surface area contributed by atoms with E-state index in [0.717, 1.165) is 6.07 Å². The summed E-state index contributed by atoms with van der Waals surface area (Å²) < 4.78 is 15.5. The highest BCUT2D eigenvalue weighted by Gasteiger charge is 2.22. The van der Waals surface area contributed by atoms with E-state index in [1.54, 1.807) is 18.2 Å². The Hall–Kier alpha value is -3.33. The average molecular weight is 393 g/mol. The Morgan fingerprint density at radius 3 is 2.70 bits per heavy atom. The summed E-state index contributed by atoms with van der Waals surface area (Å²) in [6.45, 7) is 1.48. The minimum absolute atomic E-state index is 0.0890. The quantitative estimate of drug-likeness (QED) is 0.471. The molecule has 0 unspecified atom stereocenters. The minimum atomic E-state index is -1.14. The first-order chi connectivity index (χ1) is 12.8. The normalized spacial score (nSPS) is 13.0. The number of hydrogen-bond donors (Lipinski definition) is 1. The van der Waals surface area contributed by atoms with E-state index in [2.05, 4.69) is 5.32 Å². The Kier molecular flexibility index (Phi) is 5.13. The maximum Gasteiger partial charge on any atom is 0.339 e. The molecule has 1 aliphatic heterocycles. The standard InChI is InChI=1S/C17H13ClN2O7/c1-9(16(21)19-11-3-5-14-15(7-11)26-8-25-14)27-17(22)10-2-4-12(18)13(6-10)20(23)24/h2-7,9H,8H2,1H3,(H,19,21)/t9-/m1/s1. The predicted molar refractivity (Wildman–Crippen MR) is 94.2 cm³/mol. The number of nitrogens with one attached hydrogen (secondary N) is 1. The number of rotatable bonds is 5. The number of hydrogen-bond acceptors (Lipinski definition) is 7. The topological polar surface area (TPSA) is 117 Å². The molecule has 1 atom stereocenters. The molecule has 0 saturated heterocycles. The van der Waals surface area contributed by atoms with Gasteiger partial charge in [-0.1, -0.05) is 11.6 Å². The zero-order valence-electron chi connectivity index (χ0n) is 13.9. The molecule has 140 valence electrons. The van der Waals surface area contributed by atoms with Crippen LogP contribution in [0.25, 0.3) is 0 Å². The molecule has 3 rings (SSSR count). The molecule has 0 radical (unpaired) electrons. The second-order valence-corrected chi connectivity index (χ2v) is 5.94. The summed E-state index contributed by atoms with van der Waals surface area (Å²) in [7, 11) is 0. The summed E-state index contributed by atoms with van der Waals surface area (Å²) in [5.41, 5.74) is -0.0771. The van der Waals surface area contributed by atoms with E-state index < -0.39 is 28.6 Å². The van der Waals surface area contributed by atoms with Crippen LogP contribution in [0.1, 0.15) is 17.3 Å². The van der Waals surface area contributed by atoms with Crippen molar-refractivity contribution in [3.63, 3.8) is 0 Å². The monoisotopic (exact) mass is 392 g/mol. The van der Waals surface area contributed by atoms with Gasteiger partial charge >= 0.3 is 5.97 Å². The third-order valence-electron chi connectivity index (χ3n) is 3.67. The summed E-state index contributed by atoms with van der Waals surface area (Å²) in [5, 5.41) is 13.4. The molecule has 9 nitrogen and oxygen atoms in total. The number of esters is 1. The van der Waals surface area contributed by atoms with Gasteiger partial charge in [0.05, 0.1) is 10.5 Å². The number of halogens is 1. The van der Waals surface area contributed by atoms with Crippen molar-refractivity contribution in [1.29, 1.82) is 0 Å². The van der Waals surface area contributed by atoms with E-state index in [9.17, 15) is 19.7 Å². The molecular formula is C17H13ClN2O7. The number of amides is 1. The first-order valence-corrected chi connectivity index (χ1v) is 8.08. The third-order valence-corrected chi connectivity index (χ3v) is 3.99. The Morgan fingerprint density at radius 2 is 1.96 bits per heavy atom. The van der Waals surface area contributed by atoms with Crippen molar-refractivity contribution in [1.82, 2.24) is 0 Å². The third kappa shape index (κ3) is 4.09. The molecule has 0 aromatic heterocycles. The summed E-state index contributed by atoms with van der Waals surface area (Å²) in [6.07, 6.45) is -1.14. The Bertz CT molecular complexity index is 931. The smallest absolute Gasteiger partial charge is 0.339 e. The maximum absolute atomic E-state index is 12.2. The van der Waals surface area contributed by atoms with E-state index in [0.29, 0.717) is 17.2 Å². The van der Waals surface area contributed by atoms with Crippen LogP contribution < -0.4 is 14.8 Å². The summed E-state index contributed by atoms with van der Waals surface area (Å²) in [6, 6.07) is 8.32. The summed E-state index contributed by atoms with van der Waals surface area (Å²) in [5.74, 6) is -0.406. The first-order valence-electron chi connectivity index (χ1n) is 7.70. The maximum atomic E-state index is 12.2. The van der Waals surface area contributed by atoms with Crippen molar-refractivity contribution >= 4 is 34.9 Å². The number of fused-ring (bicyclic) bond motifs is 1. The van der Waals surface area contributed by atoms with E-state index in [4.69, 9.17) is 25.8 Å². The number of anilines is 1. The largest absolute Gasteiger partial charge is 0.454 e. The van der Waals surface area contributed by atoms with Crippen LogP contribution in [0.4, 0.5) is 11.4 Å². The van der Waals surface area contributed by atoms with Crippen LogP contribution in [0.3, 0.4) is 0 Å². The van der Waals surface area contributed by atoms with Crippen molar-refractivity contribution in [2.24, 2.45) is 0 Å². The fourth-order valence-electron chi connectivity index (χ4n) is 2.28. The number of nitro groups is 1. The molecule has 1 amide bonds. The Balaban J connectivity index is 1.65. The lowest BCUT2D eigenvalue weighted by molar-refractivity contribution is -0.384. The van der Waals surface area contributed by atoms with Crippen LogP contribution in [0.15, 0.2) is 36.4 Å². The number of benzene rings is 2. The van der Waals surface area contributed by atoms with E-state index in [-0.39, 0.29) is 17.4 Å². The van der Waals surface area contributed by atoms with Gasteiger partial charge in [-0.15, -0.1) is 0 Å². The highest BCUT2D eigenvalue weighted by Crippen LogP contribution is 2.34. The van der Waals surface area contributed by atoms with Gasteiger partial charge in [0.15, 0.2) is 17.6 Å². The molecule has 2 aromatic carbocycles. The number of carbonyl (C=O) groups excluding carboxylic acids is 2. The second-order valence-electron chi connectivity index (χ2n) is 5.53. The molecule has 0 spiro atoms. The van der Waals surface area contributed by atoms with Gasteiger partial charge in [0.1, 0.15) is 5.02 Å². The van der Waals surface area contributed by atoms with E-state index >= 15 is 0 Å². The highest BCUT2D eigenvalue weighted by atomic mass is 35.5. The predicted octanol–water partition coefficient (Wildman–Crippen LogP) is 3.16. The minimum Gasteiger partial charge on any atom is -0.454 e. The molecule has 27 heavy (non-hydrogen) atoms. The van der Waals surface area contributed by atoms with Gasteiger partial charge in [-0.2, -0.15) is 0 Å². The van der Waals surface area contributed by atoms with Crippen molar-refractivity contribution in [2.75, 3.05) is 12.1 Å². The van der Waals surface area contributed by atoms with Crippen molar-refractivity contribution < 1.29 is 28.7 Å². The lowest BCUT2D eigenvalue weighted by atomic mass is 10.2. The molecule has 2 aromatic rings. The van der Waals surface area contributed by atoms with Gasteiger partial charge < -0.3 is 19.5 Å². The van der Waals surface area contributed by atoms with E-state index in [1.165, 1.54) is 19.1 Å². The number of nitrogens with zero attached hydrogens (tertiary/aromatic N) is 1. The molecule has 1 aliphatic rings. The average Bonchev–Trinajstić information content (AvgIpc) is 3.09. The van der Waals surface area contributed by atoms with Gasteiger partial charge in [0, 0.05) is 17.8 Å². The van der Waals surface area contributed by atoms with Crippen LogP contribution in [0.5, 0.6) is 11.5 Å². The van der Waals surface area contributed by atoms with Gasteiger partial charge in [0.2, 0.25) is 6.79 Å². The molecule has 10 heteroatoms. The zero-order valence-corrected chi connectivity index (χ0v) is 14.7. The van der Waals surface area contributed by atoms with Crippen LogP contribution in [-0.4, -0.2) is 29.7 Å². The van der Waals surface area contributed by atoms with Crippen molar-refractivity contribution in [3.8, 4) is 11.5 Å².